The molecule has 0 radical (unpaired) electrons. The molecule has 6 heteroatoms. The number of nitrogens with one attached hydrogen (secondary N) is 1. The second-order valence-electron chi connectivity index (χ2n) is 6.28. The first-order chi connectivity index (χ1) is 11.7. The molecule has 2 amide bonds. The number of hydrogen-bond donors (Lipinski definition) is 1. The Balaban J connectivity index is 1.48. The molecule has 1 N–H and O–H groups in total. The average molecular weight is 332 g/mol. The average Bonchev–Trinajstić information content (AvgIpc) is 2.65. The van der Waals surface area contributed by atoms with Gasteiger partial charge in [0.1, 0.15) is 12.7 Å². The lowest BCUT2D eigenvalue weighted by Crippen LogP contribution is -2.48. The molecule has 1 aromatic carbocycles. The number of likely N-dealkylation sites (tertiary alicyclic amines) is 1. The molecular weight excluding hydrogens is 308 g/mol. The number of rotatable bonds is 4. The van der Waals surface area contributed by atoms with Crippen molar-refractivity contribution in [1.82, 2.24) is 10.2 Å². The van der Waals surface area contributed by atoms with Crippen molar-refractivity contribution >= 4 is 11.8 Å². The van der Waals surface area contributed by atoms with Gasteiger partial charge in [-0.25, -0.2) is 0 Å². The summed E-state index contributed by atoms with van der Waals surface area (Å²) in [5.41, 5.74) is 0. The second-order valence-corrected chi connectivity index (χ2v) is 6.28. The fraction of sp³-hybridized carbons (Fsp3) is 0.556. The summed E-state index contributed by atoms with van der Waals surface area (Å²) in [4.78, 5) is 26.0. The van der Waals surface area contributed by atoms with Crippen LogP contribution in [0.3, 0.4) is 0 Å². The Hall–Kier alpha value is -2.24. The molecule has 0 bridgehead atoms. The van der Waals surface area contributed by atoms with Crippen LogP contribution in [0.1, 0.15) is 26.2 Å². The molecule has 0 aliphatic carbocycles. The van der Waals surface area contributed by atoms with Gasteiger partial charge in [-0.1, -0.05) is 19.1 Å². The van der Waals surface area contributed by atoms with E-state index in [1.807, 2.05) is 31.2 Å². The van der Waals surface area contributed by atoms with Crippen molar-refractivity contribution < 1.29 is 19.1 Å². The van der Waals surface area contributed by atoms with Crippen molar-refractivity contribution in [3.63, 3.8) is 0 Å². The molecular formula is C18H24N2O4. The fourth-order valence-corrected chi connectivity index (χ4v) is 3.16. The van der Waals surface area contributed by atoms with Gasteiger partial charge in [0, 0.05) is 19.5 Å². The van der Waals surface area contributed by atoms with Crippen LogP contribution in [0.5, 0.6) is 11.5 Å². The molecule has 3 rings (SSSR count). The van der Waals surface area contributed by atoms with E-state index in [0.717, 1.165) is 25.1 Å². The summed E-state index contributed by atoms with van der Waals surface area (Å²) < 4.78 is 11.5. The Kier molecular flexibility index (Phi) is 5.23. The maximum Gasteiger partial charge on any atom is 0.225 e. The molecule has 0 spiro atoms. The minimum Gasteiger partial charge on any atom is -0.486 e. The van der Waals surface area contributed by atoms with Crippen LogP contribution in [0.4, 0.5) is 0 Å². The van der Waals surface area contributed by atoms with E-state index in [1.54, 1.807) is 4.90 Å². The number of carbonyl (C=O) groups excluding carboxylic acids is 2. The standard InChI is InChI=1S/C18H24N2O4/c1-2-17(21)20-9-5-6-13(11-20)18(22)19-10-14-12-23-15-7-3-4-8-16(15)24-14/h3-4,7-8,13-14H,2,5-6,9-12H2,1H3,(H,19,22). The monoisotopic (exact) mass is 332 g/mol. The van der Waals surface area contributed by atoms with Gasteiger partial charge in [0.2, 0.25) is 11.8 Å². The zero-order valence-corrected chi connectivity index (χ0v) is 14.0. The molecule has 6 nitrogen and oxygen atoms in total. The minimum atomic E-state index is -0.194. The molecule has 2 unspecified atom stereocenters. The molecule has 2 atom stereocenters. The van der Waals surface area contributed by atoms with Crippen LogP contribution in [0.15, 0.2) is 24.3 Å². The zero-order chi connectivity index (χ0) is 16.9. The Labute approximate surface area is 142 Å². The number of amides is 2. The van der Waals surface area contributed by atoms with Crippen molar-refractivity contribution in [2.75, 3.05) is 26.2 Å². The normalized spacial score (nSPS) is 22.8. The van der Waals surface area contributed by atoms with Crippen molar-refractivity contribution in [2.24, 2.45) is 5.92 Å². The number of para-hydroxylation sites is 2. The third kappa shape index (κ3) is 3.80. The number of ether oxygens (including phenoxy) is 2. The van der Waals surface area contributed by atoms with Gasteiger partial charge in [0.05, 0.1) is 12.5 Å². The lowest BCUT2D eigenvalue weighted by Gasteiger charge is -2.32. The number of fused-ring (bicyclic) bond motifs is 1. The molecule has 1 saturated heterocycles. The highest BCUT2D eigenvalue weighted by molar-refractivity contribution is 5.81. The summed E-state index contributed by atoms with van der Waals surface area (Å²) in [5.74, 6) is 1.42. The second kappa shape index (κ2) is 7.55. The first-order valence-electron chi connectivity index (χ1n) is 8.61. The lowest BCUT2D eigenvalue weighted by atomic mass is 9.97. The van der Waals surface area contributed by atoms with Gasteiger partial charge in [-0.15, -0.1) is 0 Å². The Morgan fingerprint density at radius 3 is 2.88 bits per heavy atom. The van der Waals surface area contributed by atoms with Crippen LogP contribution < -0.4 is 14.8 Å². The van der Waals surface area contributed by atoms with E-state index in [-0.39, 0.29) is 23.8 Å². The van der Waals surface area contributed by atoms with Gasteiger partial charge in [0.15, 0.2) is 11.5 Å². The van der Waals surface area contributed by atoms with Gasteiger partial charge in [-0.2, -0.15) is 0 Å². The summed E-state index contributed by atoms with van der Waals surface area (Å²) in [5, 5.41) is 2.95. The highest BCUT2D eigenvalue weighted by Crippen LogP contribution is 2.30. The number of carbonyl (C=O) groups is 2. The van der Waals surface area contributed by atoms with Gasteiger partial charge in [-0.3, -0.25) is 9.59 Å². The quantitative estimate of drug-likeness (QED) is 0.909. The molecule has 0 aromatic heterocycles. The predicted octanol–water partition coefficient (Wildman–Crippen LogP) is 1.59. The maximum absolute atomic E-state index is 12.4. The SMILES string of the molecule is CCC(=O)N1CCCC(C(=O)NCC2COc3ccccc3O2)C1. The summed E-state index contributed by atoms with van der Waals surface area (Å²) >= 11 is 0. The van der Waals surface area contributed by atoms with Gasteiger partial charge < -0.3 is 19.7 Å². The van der Waals surface area contributed by atoms with E-state index in [9.17, 15) is 9.59 Å². The van der Waals surface area contributed by atoms with Crippen LogP contribution in [0.2, 0.25) is 0 Å². The minimum absolute atomic E-state index is 0.00828. The maximum atomic E-state index is 12.4. The Morgan fingerprint density at radius 2 is 2.08 bits per heavy atom. The third-order valence-electron chi connectivity index (χ3n) is 4.52. The van der Waals surface area contributed by atoms with Gasteiger partial charge in [0.25, 0.3) is 0 Å². The molecule has 1 aromatic rings. The number of piperidine rings is 1. The largest absolute Gasteiger partial charge is 0.486 e. The molecule has 130 valence electrons. The van der Waals surface area contributed by atoms with Crippen LogP contribution in [0, 0.1) is 5.92 Å². The molecule has 2 aliphatic rings. The molecule has 1 fully saturated rings. The summed E-state index contributed by atoms with van der Waals surface area (Å²) in [6.07, 6.45) is 1.99. The van der Waals surface area contributed by atoms with Crippen molar-refractivity contribution in [3.05, 3.63) is 24.3 Å². The Morgan fingerprint density at radius 1 is 1.29 bits per heavy atom. The fourth-order valence-electron chi connectivity index (χ4n) is 3.16. The van der Waals surface area contributed by atoms with Gasteiger partial charge in [-0.05, 0) is 25.0 Å². The molecule has 0 saturated carbocycles. The highest BCUT2D eigenvalue weighted by atomic mass is 16.6. The van der Waals surface area contributed by atoms with E-state index in [2.05, 4.69) is 5.32 Å². The van der Waals surface area contributed by atoms with Crippen LogP contribution >= 0.6 is 0 Å². The van der Waals surface area contributed by atoms with Gasteiger partial charge >= 0.3 is 0 Å². The molecule has 24 heavy (non-hydrogen) atoms. The molecule has 2 aliphatic heterocycles. The van der Waals surface area contributed by atoms with Crippen LogP contribution in [0.25, 0.3) is 0 Å². The smallest absolute Gasteiger partial charge is 0.225 e. The summed E-state index contributed by atoms with van der Waals surface area (Å²) in [7, 11) is 0. The third-order valence-corrected chi connectivity index (χ3v) is 4.52. The van der Waals surface area contributed by atoms with E-state index in [0.29, 0.717) is 31.9 Å². The highest BCUT2D eigenvalue weighted by Gasteiger charge is 2.29. The number of hydrogen-bond acceptors (Lipinski definition) is 4. The van der Waals surface area contributed by atoms with E-state index in [4.69, 9.17) is 9.47 Å². The van der Waals surface area contributed by atoms with Crippen molar-refractivity contribution in [2.45, 2.75) is 32.3 Å². The van der Waals surface area contributed by atoms with Crippen molar-refractivity contribution in [3.8, 4) is 11.5 Å². The zero-order valence-electron chi connectivity index (χ0n) is 14.0. The predicted molar refractivity (Wildman–Crippen MR) is 89.0 cm³/mol. The topological polar surface area (TPSA) is 67.9 Å². The Bertz CT molecular complexity index is 604. The number of benzene rings is 1. The summed E-state index contributed by atoms with van der Waals surface area (Å²) in [6, 6.07) is 7.52. The number of nitrogens with zero attached hydrogens (tertiary/aromatic N) is 1. The summed E-state index contributed by atoms with van der Waals surface area (Å²) in [6.45, 7) is 3.95. The van der Waals surface area contributed by atoms with Crippen molar-refractivity contribution in [1.29, 1.82) is 0 Å². The van der Waals surface area contributed by atoms with Crippen LogP contribution in [-0.4, -0.2) is 49.1 Å². The molecule has 2 heterocycles. The lowest BCUT2D eigenvalue weighted by molar-refractivity contribution is -0.135. The first kappa shape index (κ1) is 16.6. The van der Waals surface area contributed by atoms with Crippen LogP contribution in [-0.2, 0) is 9.59 Å². The first-order valence-corrected chi connectivity index (χ1v) is 8.61. The van der Waals surface area contributed by atoms with E-state index < -0.39 is 0 Å². The van der Waals surface area contributed by atoms with E-state index in [1.165, 1.54) is 0 Å². The van der Waals surface area contributed by atoms with E-state index >= 15 is 0 Å².